The van der Waals surface area contributed by atoms with Crippen LogP contribution >= 0.6 is 0 Å². The summed E-state index contributed by atoms with van der Waals surface area (Å²) in [6.45, 7) is 8.85. The first-order valence-corrected chi connectivity index (χ1v) is 14.6. The fourth-order valence-corrected chi connectivity index (χ4v) is 5.18. The molecule has 1 aliphatic rings. The van der Waals surface area contributed by atoms with E-state index in [1.54, 1.807) is 18.6 Å². The Morgan fingerprint density at radius 2 is 1.64 bits per heavy atom. The number of benzene rings is 1. The van der Waals surface area contributed by atoms with Gasteiger partial charge >= 0.3 is 6.09 Å². The van der Waals surface area contributed by atoms with Gasteiger partial charge in [0.05, 0.1) is 0 Å². The summed E-state index contributed by atoms with van der Waals surface area (Å²) in [4.78, 5) is 47.8. The van der Waals surface area contributed by atoms with Gasteiger partial charge in [0.2, 0.25) is 0 Å². The van der Waals surface area contributed by atoms with Crippen molar-refractivity contribution in [2.75, 3.05) is 31.5 Å². The molecule has 1 N–H and O–H groups in total. The molecule has 0 spiro atoms. The van der Waals surface area contributed by atoms with Crippen molar-refractivity contribution in [1.82, 2.24) is 34.3 Å². The molecular formula is C33H34N8O3. The van der Waals surface area contributed by atoms with Crippen LogP contribution in [0.15, 0.2) is 85.3 Å². The minimum atomic E-state index is -0.586. The average molecular weight is 591 g/mol. The highest BCUT2D eigenvalue weighted by Crippen LogP contribution is 2.27. The Morgan fingerprint density at radius 3 is 2.36 bits per heavy atom. The zero-order valence-electron chi connectivity index (χ0n) is 25.0. The van der Waals surface area contributed by atoms with Gasteiger partial charge in [-0.3, -0.25) is 24.6 Å². The number of anilines is 1. The Hall–Kier alpha value is -5.16. The van der Waals surface area contributed by atoms with Crippen molar-refractivity contribution < 1.29 is 14.3 Å². The maximum absolute atomic E-state index is 13.4. The van der Waals surface area contributed by atoms with Crippen LogP contribution in [0.3, 0.4) is 0 Å². The van der Waals surface area contributed by atoms with Gasteiger partial charge in [-0.15, -0.1) is 0 Å². The van der Waals surface area contributed by atoms with Gasteiger partial charge in [0.25, 0.3) is 5.91 Å². The highest BCUT2D eigenvalue weighted by molar-refractivity contribution is 5.94. The van der Waals surface area contributed by atoms with Crippen molar-refractivity contribution in [2.45, 2.75) is 32.9 Å². The summed E-state index contributed by atoms with van der Waals surface area (Å²) in [5.74, 6) is 1.14. The third kappa shape index (κ3) is 6.57. The maximum Gasteiger partial charge on any atom is 0.413 e. The van der Waals surface area contributed by atoms with E-state index >= 15 is 0 Å². The molecule has 4 aromatic heterocycles. The van der Waals surface area contributed by atoms with Crippen molar-refractivity contribution in [2.24, 2.45) is 0 Å². The Labute approximate surface area is 255 Å². The summed E-state index contributed by atoms with van der Waals surface area (Å²) in [6.07, 6.45) is 4.63. The van der Waals surface area contributed by atoms with E-state index < -0.39 is 11.7 Å². The number of nitrogens with one attached hydrogen (secondary N) is 1. The van der Waals surface area contributed by atoms with Crippen LogP contribution in [-0.2, 0) is 11.3 Å². The summed E-state index contributed by atoms with van der Waals surface area (Å²) in [7, 11) is 0. The summed E-state index contributed by atoms with van der Waals surface area (Å²) in [5, 5.41) is 2.69. The van der Waals surface area contributed by atoms with E-state index in [-0.39, 0.29) is 5.91 Å². The van der Waals surface area contributed by atoms with Crippen LogP contribution in [0, 0.1) is 0 Å². The maximum atomic E-state index is 13.4. The second kappa shape index (κ2) is 12.2. The van der Waals surface area contributed by atoms with Crippen molar-refractivity contribution in [3.05, 3.63) is 96.4 Å². The molecule has 0 saturated carbocycles. The van der Waals surface area contributed by atoms with E-state index in [1.807, 2.05) is 97.0 Å². The zero-order chi connectivity index (χ0) is 30.7. The number of hydrogen-bond donors (Lipinski definition) is 1. The molecule has 0 bridgehead atoms. The Bertz CT molecular complexity index is 1770. The third-order valence-corrected chi connectivity index (χ3v) is 7.20. The molecule has 2 amide bonds. The van der Waals surface area contributed by atoms with E-state index in [1.165, 1.54) is 0 Å². The largest absolute Gasteiger partial charge is 0.444 e. The number of piperazine rings is 1. The molecule has 0 aliphatic carbocycles. The molecule has 0 unspecified atom stereocenters. The van der Waals surface area contributed by atoms with Gasteiger partial charge in [-0.05, 0) is 87.0 Å². The number of carbonyl (C=O) groups is 2. The normalized spacial score (nSPS) is 14.0. The van der Waals surface area contributed by atoms with Gasteiger partial charge in [-0.2, -0.15) is 0 Å². The SMILES string of the molecule is CC(C)(C)OC(=O)Nc1cc(CN2CCN(C(=O)c3ccc(-n4c(-c5ccccn5)nc5cccnc54)cc3)CC2)ccn1. The van der Waals surface area contributed by atoms with Crippen molar-refractivity contribution in [3.8, 4) is 17.2 Å². The standard InChI is InChI=1S/C33H34N8O3/c1-33(2,3)44-32(43)38-28-21-23(13-16-35-28)22-39-17-19-40(20-18-39)31(42)24-9-11-25(12-10-24)41-29-27(8-6-15-36-29)37-30(41)26-7-4-5-14-34-26/h4-16,21H,17-20,22H2,1-3H3,(H,35,38,43). The second-order valence-electron chi connectivity index (χ2n) is 11.6. The molecule has 0 radical (unpaired) electrons. The number of hydrogen-bond acceptors (Lipinski definition) is 8. The number of aromatic nitrogens is 5. The second-order valence-corrected chi connectivity index (χ2v) is 11.6. The molecule has 11 heteroatoms. The van der Waals surface area contributed by atoms with Crippen LogP contribution in [0.25, 0.3) is 28.4 Å². The molecule has 1 fully saturated rings. The van der Waals surface area contributed by atoms with Gasteiger partial charge in [0, 0.05) is 62.6 Å². The minimum Gasteiger partial charge on any atom is -0.444 e. The third-order valence-electron chi connectivity index (χ3n) is 7.20. The molecule has 0 atom stereocenters. The smallest absolute Gasteiger partial charge is 0.413 e. The van der Waals surface area contributed by atoms with Crippen LogP contribution in [0.2, 0.25) is 0 Å². The quantitative estimate of drug-likeness (QED) is 0.287. The fourth-order valence-electron chi connectivity index (χ4n) is 5.18. The molecule has 11 nitrogen and oxygen atoms in total. The Morgan fingerprint density at radius 1 is 0.864 bits per heavy atom. The Balaban J connectivity index is 1.09. The lowest BCUT2D eigenvalue weighted by molar-refractivity contribution is 0.0624. The first kappa shape index (κ1) is 28.9. The minimum absolute atomic E-state index is 0.00233. The summed E-state index contributed by atoms with van der Waals surface area (Å²) in [5.41, 5.74) is 4.16. The molecular weight excluding hydrogens is 556 g/mol. The number of amides is 2. The van der Waals surface area contributed by atoms with Crippen molar-refractivity contribution >= 4 is 29.0 Å². The lowest BCUT2D eigenvalue weighted by Gasteiger charge is -2.34. The lowest BCUT2D eigenvalue weighted by Crippen LogP contribution is -2.48. The number of ether oxygens (including phenoxy) is 1. The van der Waals surface area contributed by atoms with E-state index in [4.69, 9.17) is 9.72 Å². The lowest BCUT2D eigenvalue weighted by atomic mass is 10.1. The first-order valence-electron chi connectivity index (χ1n) is 14.6. The van der Waals surface area contributed by atoms with Gasteiger partial charge in [0.1, 0.15) is 22.6 Å². The van der Waals surface area contributed by atoms with E-state index in [9.17, 15) is 9.59 Å². The number of carbonyl (C=O) groups excluding carboxylic acids is 2. The van der Waals surface area contributed by atoms with Gasteiger partial charge in [-0.25, -0.2) is 19.7 Å². The van der Waals surface area contributed by atoms with Crippen LogP contribution in [0.1, 0.15) is 36.7 Å². The van der Waals surface area contributed by atoms with Crippen molar-refractivity contribution in [3.63, 3.8) is 0 Å². The summed E-state index contributed by atoms with van der Waals surface area (Å²) < 4.78 is 7.29. The van der Waals surface area contributed by atoms with Gasteiger partial charge in [-0.1, -0.05) is 6.07 Å². The number of pyridine rings is 3. The predicted molar refractivity (Wildman–Crippen MR) is 167 cm³/mol. The topological polar surface area (TPSA) is 118 Å². The number of nitrogens with zero attached hydrogens (tertiary/aromatic N) is 7. The number of imidazole rings is 1. The molecule has 1 aliphatic heterocycles. The van der Waals surface area contributed by atoms with Crippen LogP contribution in [-0.4, -0.2) is 78.1 Å². The van der Waals surface area contributed by atoms with Crippen LogP contribution in [0.5, 0.6) is 0 Å². The monoisotopic (exact) mass is 590 g/mol. The zero-order valence-corrected chi connectivity index (χ0v) is 25.0. The molecule has 6 rings (SSSR count). The molecule has 1 aromatic carbocycles. The first-order chi connectivity index (χ1) is 21.2. The summed E-state index contributed by atoms with van der Waals surface area (Å²) >= 11 is 0. The van der Waals surface area contributed by atoms with Crippen LogP contribution in [0.4, 0.5) is 10.6 Å². The molecule has 44 heavy (non-hydrogen) atoms. The molecule has 224 valence electrons. The van der Waals surface area contributed by atoms with E-state index in [0.717, 1.165) is 41.2 Å². The van der Waals surface area contributed by atoms with E-state index in [2.05, 4.69) is 25.2 Å². The Kier molecular flexibility index (Phi) is 8.03. The van der Waals surface area contributed by atoms with Crippen LogP contribution < -0.4 is 5.32 Å². The molecule has 5 aromatic rings. The number of rotatable bonds is 6. The summed E-state index contributed by atoms with van der Waals surface area (Å²) in [6, 6.07) is 20.9. The van der Waals surface area contributed by atoms with Gasteiger partial charge < -0.3 is 9.64 Å². The van der Waals surface area contributed by atoms with Gasteiger partial charge in [0.15, 0.2) is 11.5 Å². The number of fused-ring (bicyclic) bond motifs is 1. The molecule has 1 saturated heterocycles. The highest BCUT2D eigenvalue weighted by atomic mass is 16.6. The average Bonchev–Trinajstić information content (AvgIpc) is 3.41. The predicted octanol–water partition coefficient (Wildman–Crippen LogP) is 5.18. The molecule has 5 heterocycles. The van der Waals surface area contributed by atoms with Crippen molar-refractivity contribution in [1.29, 1.82) is 0 Å². The van der Waals surface area contributed by atoms with E-state index in [0.29, 0.717) is 36.8 Å². The fraction of sp³-hybridized carbons (Fsp3) is 0.273. The highest BCUT2D eigenvalue weighted by Gasteiger charge is 2.23.